The van der Waals surface area contributed by atoms with Crippen molar-refractivity contribution < 1.29 is 12.6 Å². The van der Waals surface area contributed by atoms with Gasteiger partial charge in [0.15, 0.2) is 0 Å². The van der Waals surface area contributed by atoms with Gasteiger partial charge in [0, 0.05) is 0 Å². The lowest BCUT2D eigenvalue weighted by molar-refractivity contribution is 0.468. The van der Waals surface area contributed by atoms with Crippen LogP contribution >= 0.6 is 0 Å². The Bertz CT molecular complexity index is 95.4. The first-order valence-corrected chi connectivity index (χ1v) is 2.29. The van der Waals surface area contributed by atoms with E-state index in [1.54, 1.807) is 0 Å². The molecule has 0 aliphatic rings. The van der Waals surface area contributed by atoms with Gasteiger partial charge in [-0.15, -0.1) is 0 Å². The second-order valence-corrected chi connectivity index (χ2v) is 1.15. The van der Waals surface area contributed by atoms with Crippen molar-refractivity contribution in [3.63, 3.8) is 0 Å². The molecule has 0 radical (unpaired) electrons. The molecular weight excluding hydrogens is 104 g/mol. The second kappa shape index (κ2) is 2.71. The molecule has 3 nitrogen and oxygen atoms in total. The molecule has 0 spiro atoms. The van der Waals surface area contributed by atoms with Crippen LogP contribution in [0.15, 0.2) is 12.8 Å². The maximum absolute atomic E-state index is 9.34. The number of rotatable bonds is 2. The summed E-state index contributed by atoms with van der Waals surface area (Å²) in [5, 5.41) is 0. The van der Waals surface area contributed by atoms with E-state index in [1.165, 1.54) is 0 Å². The monoisotopic (exact) mass is 108 g/mol. The smallest absolute Gasteiger partial charge is 0.298 e. The Labute approximate surface area is 37.4 Å². The average molecular weight is 108 g/mol. The fraction of sp³-hybridized carbons (Fsp3) is 0. The van der Waals surface area contributed by atoms with E-state index in [9.17, 15) is 8.42 Å². The van der Waals surface area contributed by atoms with E-state index in [0.717, 1.165) is 6.26 Å². The van der Waals surface area contributed by atoms with Crippen LogP contribution in [-0.2, 0) is 15.2 Å². The van der Waals surface area contributed by atoms with E-state index in [1.807, 2.05) is 0 Å². The predicted molar refractivity (Wildman–Crippen MR) is 21.6 cm³/mol. The zero-order valence-corrected chi connectivity index (χ0v) is 3.85. The maximum atomic E-state index is 9.34. The van der Waals surface area contributed by atoms with Gasteiger partial charge in [-0.3, -0.25) is 0 Å². The number of hydrogen-bond acceptors (Lipinski definition) is 3. The minimum Gasteiger partial charge on any atom is -0.393 e. The van der Waals surface area contributed by atoms with Crippen molar-refractivity contribution in [3.8, 4) is 0 Å². The first-order valence-electron chi connectivity index (χ1n) is 1.19. The van der Waals surface area contributed by atoms with Crippen molar-refractivity contribution >= 4 is 11.0 Å². The largest absolute Gasteiger partial charge is 0.393 e. The van der Waals surface area contributed by atoms with E-state index >= 15 is 0 Å². The zero-order valence-electron chi connectivity index (χ0n) is 2.96. The fourth-order valence-electron chi connectivity index (χ4n) is 0.0609. The van der Waals surface area contributed by atoms with Gasteiger partial charge in [0.2, 0.25) is 0 Å². The molecule has 0 aliphatic carbocycles. The molecule has 0 amide bonds. The van der Waals surface area contributed by atoms with E-state index in [2.05, 4.69) is 10.8 Å². The molecule has 36 valence electrons. The molecule has 0 fully saturated rings. The first kappa shape index (κ1) is 5.49. The quantitative estimate of drug-likeness (QED) is 0.389. The van der Waals surface area contributed by atoms with Crippen LogP contribution in [0.25, 0.3) is 0 Å². The molecule has 0 rings (SSSR count). The summed E-state index contributed by atoms with van der Waals surface area (Å²) in [6.07, 6.45) is 0.853. The van der Waals surface area contributed by atoms with Crippen molar-refractivity contribution in [3.05, 3.63) is 12.8 Å². The molecule has 0 bridgehead atoms. The lowest BCUT2D eigenvalue weighted by Crippen LogP contribution is -1.71. The van der Waals surface area contributed by atoms with Crippen LogP contribution < -0.4 is 0 Å². The summed E-state index contributed by atoms with van der Waals surface area (Å²) < 4.78 is 22.4. The van der Waals surface area contributed by atoms with Gasteiger partial charge in [-0.05, 0) is 0 Å². The van der Waals surface area contributed by atoms with Crippen LogP contribution in [0.4, 0.5) is 0 Å². The van der Waals surface area contributed by atoms with Crippen LogP contribution in [0.2, 0.25) is 0 Å². The minimum atomic E-state index is -2.72. The molecule has 0 atom stereocenters. The fourth-order valence-corrected chi connectivity index (χ4v) is 0.183. The van der Waals surface area contributed by atoms with E-state index < -0.39 is 11.0 Å². The summed E-state index contributed by atoms with van der Waals surface area (Å²) in [4.78, 5) is 0. The predicted octanol–water partition coefficient (Wildman–Crippen LogP) is -0.327. The van der Waals surface area contributed by atoms with Crippen LogP contribution in [0.3, 0.4) is 0 Å². The Morgan fingerprint density at radius 2 is 2.17 bits per heavy atom. The molecule has 0 heterocycles. The third-order valence-electron chi connectivity index (χ3n) is 0.161. The van der Waals surface area contributed by atoms with Crippen molar-refractivity contribution in [2.75, 3.05) is 0 Å². The van der Waals surface area contributed by atoms with Gasteiger partial charge in [0.25, 0.3) is 11.0 Å². The summed E-state index contributed by atoms with van der Waals surface area (Å²) in [6, 6.07) is 0. The lowest BCUT2D eigenvalue weighted by atomic mass is 11.2. The van der Waals surface area contributed by atoms with Crippen molar-refractivity contribution in [2.45, 2.75) is 0 Å². The number of hydrogen-bond donors (Lipinski definition) is 1. The molecule has 6 heavy (non-hydrogen) atoms. The molecule has 0 aromatic carbocycles. The van der Waals surface area contributed by atoms with Crippen LogP contribution in [0, 0.1) is 0 Å². The van der Waals surface area contributed by atoms with Gasteiger partial charge < -0.3 is 4.18 Å². The molecule has 0 saturated carbocycles. The van der Waals surface area contributed by atoms with Crippen LogP contribution in [0.1, 0.15) is 0 Å². The van der Waals surface area contributed by atoms with Gasteiger partial charge >= 0.3 is 0 Å². The Hall–Kier alpha value is -0.510. The van der Waals surface area contributed by atoms with Gasteiger partial charge in [-0.25, -0.2) is 0 Å². The molecule has 0 saturated heterocycles. The Kier molecular flexibility index (Phi) is 2.48. The third kappa shape index (κ3) is 3.49. The van der Waals surface area contributed by atoms with Crippen molar-refractivity contribution in [2.24, 2.45) is 0 Å². The lowest BCUT2D eigenvalue weighted by Gasteiger charge is -1.75. The summed E-state index contributed by atoms with van der Waals surface area (Å²) in [6.45, 7) is 2.99. The topological polar surface area (TPSA) is 43.4 Å². The highest BCUT2D eigenvalue weighted by Crippen LogP contribution is 1.66. The molecule has 0 aliphatic heterocycles. The summed E-state index contributed by atoms with van der Waals surface area (Å²) in [5.74, 6) is 0. The Morgan fingerprint density at radius 3 is 2.17 bits per heavy atom. The van der Waals surface area contributed by atoms with Crippen LogP contribution in [0.5, 0.6) is 0 Å². The van der Waals surface area contributed by atoms with Gasteiger partial charge in [-0.2, -0.15) is 8.42 Å². The maximum Gasteiger partial charge on any atom is 0.298 e. The SMILES string of the molecule is C=CO[SH](=O)=O. The summed E-state index contributed by atoms with van der Waals surface area (Å²) >= 11 is 0. The van der Waals surface area contributed by atoms with Gasteiger partial charge in [-0.1, -0.05) is 6.58 Å². The second-order valence-electron chi connectivity index (χ2n) is 0.496. The highest BCUT2D eigenvalue weighted by atomic mass is 32.2. The summed E-state index contributed by atoms with van der Waals surface area (Å²) in [7, 11) is -2.72. The molecular formula is C2H4O3S. The third-order valence-corrected chi connectivity index (χ3v) is 0.482. The highest BCUT2D eigenvalue weighted by Gasteiger charge is 1.65. The molecule has 0 aromatic heterocycles. The standard InChI is InChI=1S/C2H4O3S/c1-2-5-6(3)4/h2,6H,1H2. The normalized spacial score (nSPS) is 8.17. The zero-order chi connectivity index (χ0) is 4.99. The summed E-state index contributed by atoms with van der Waals surface area (Å²) in [5.41, 5.74) is 0. The molecule has 4 heteroatoms. The minimum absolute atomic E-state index is 0.853. The van der Waals surface area contributed by atoms with Crippen LogP contribution in [-0.4, -0.2) is 8.42 Å². The molecule has 0 unspecified atom stereocenters. The first-order chi connectivity index (χ1) is 2.77. The van der Waals surface area contributed by atoms with Crippen molar-refractivity contribution in [1.29, 1.82) is 0 Å². The number of thiol groups is 1. The average Bonchev–Trinajstić information content (AvgIpc) is 1.35. The van der Waals surface area contributed by atoms with E-state index in [-0.39, 0.29) is 0 Å². The van der Waals surface area contributed by atoms with E-state index in [0.29, 0.717) is 0 Å². The Morgan fingerprint density at radius 1 is 1.67 bits per heavy atom. The van der Waals surface area contributed by atoms with Crippen molar-refractivity contribution in [1.82, 2.24) is 0 Å². The molecule has 0 N–H and O–H groups in total. The Balaban J connectivity index is 3.32. The van der Waals surface area contributed by atoms with Gasteiger partial charge in [0.05, 0.1) is 6.26 Å². The highest BCUT2D eigenvalue weighted by molar-refractivity contribution is 7.67. The van der Waals surface area contributed by atoms with Gasteiger partial charge in [0.1, 0.15) is 0 Å². The van der Waals surface area contributed by atoms with E-state index in [4.69, 9.17) is 0 Å². The molecule has 0 aromatic rings.